The number of benzene rings is 1. The lowest BCUT2D eigenvalue weighted by Gasteiger charge is -2.24. The number of hydrogen-bond donors (Lipinski definition) is 0. The van der Waals surface area contributed by atoms with Crippen molar-refractivity contribution in [2.45, 2.75) is 81.5 Å². The molecule has 2 atom stereocenters. The predicted octanol–water partition coefficient (Wildman–Crippen LogP) is 6.29. The largest absolute Gasteiger partial charge is 0.493 e. The van der Waals surface area contributed by atoms with E-state index < -0.39 is 18.0 Å². The Morgan fingerprint density at radius 3 is 2.67 bits per heavy atom. The third kappa shape index (κ3) is 9.29. The molecule has 0 radical (unpaired) electrons. The van der Waals surface area contributed by atoms with E-state index in [1.165, 1.54) is 45.7 Å². The van der Waals surface area contributed by atoms with E-state index in [1.54, 1.807) is 6.20 Å². The van der Waals surface area contributed by atoms with Crippen molar-refractivity contribution in [3.63, 3.8) is 0 Å². The summed E-state index contributed by atoms with van der Waals surface area (Å²) in [4.78, 5) is 59.5. The third-order valence-electron chi connectivity index (χ3n) is 7.38. The monoisotopic (exact) mass is 659 g/mol. The number of aromatic nitrogens is 1. The van der Waals surface area contributed by atoms with Gasteiger partial charge in [0.1, 0.15) is 17.7 Å². The number of carbonyl (C=O) groups excluding carboxylic acids is 4. The van der Waals surface area contributed by atoms with Crippen LogP contribution in [0.2, 0.25) is 0 Å². The number of esters is 1. The van der Waals surface area contributed by atoms with Crippen molar-refractivity contribution in [2.75, 3.05) is 38.4 Å². The summed E-state index contributed by atoms with van der Waals surface area (Å²) in [5, 5.41) is 0.739. The van der Waals surface area contributed by atoms with Gasteiger partial charge in [-0.2, -0.15) is 0 Å². The zero-order valence-corrected chi connectivity index (χ0v) is 27.7. The fourth-order valence-electron chi connectivity index (χ4n) is 5.00. The lowest BCUT2D eigenvalue weighted by Crippen LogP contribution is -2.47. The molecule has 0 N–H and O–H groups in total. The van der Waals surface area contributed by atoms with Gasteiger partial charge in [0.05, 0.1) is 31.6 Å². The highest BCUT2D eigenvalue weighted by atomic mass is 33.1. The van der Waals surface area contributed by atoms with E-state index in [2.05, 4.69) is 4.98 Å². The highest BCUT2D eigenvalue weighted by Crippen LogP contribution is 2.40. The number of rotatable bonds is 16. The quantitative estimate of drug-likeness (QED) is 0.115. The Hall–Kier alpha value is -3.45. The first-order chi connectivity index (χ1) is 21.8. The highest BCUT2D eigenvalue weighted by molar-refractivity contribution is 8.76. The molecule has 2 aromatic rings. The summed E-state index contributed by atoms with van der Waals surface area (Å²) in [7, 11) is 4.44. The van der Waals surface area contributed by atoms with Gasteiger partial charge < -0.3 is 23.8 Å². The number of unbranched alkanes of at least 4 members (excludes halogenated alkanes) is 3. The van der Waals surface area contributed by atoms with Gasteiger partial charge >= 0.3 is 12.1 Å². The maximum Gasteiger partial charge on any atom is 0.421 e. The average molecular weight is 660 g/mol. The smallest absolute Gasteiger partial charge is 0.421 e. The van der Waals surface area contributed by atoms with Crippen molar-refractivity contribution in [1.29, 1.82) is 0 Å². The molecule has 13 heteroatoms. The first-order valence-electron chi connectivity index (χ1n) is 15.4. The molecule has 1 saturated heterocycles. The molecule has 1 aromatic heterocycles. The number of pyridine rings is 1. The minimum absolute atomic E-state index is 0.0520. The Balaban J connectivity index is 1.44. The van der Waals surface area contributed by atoms with Crippen LogP contribution in [0.1, 0.15) is 75.6 Å². The minimum atomic E-state index is -0.847. The molecule has 2 aliphatic heterocycles. The molecule has 45 heavy (non-hydrogen) atoms. The zero-order chi connectivity index (χ0) is 32.2. The number of amides is 3. The number of ether oxygens (including phenoxy) is 4. The van der Waals surface area contributed by atoms with Gasteiger partial charge in [0, 0.05) is 30.5 Å². The second-order valence-corrected chi connectivity index (χ2v) is 13.5. The van der Waals surface area contributed by atoms with Crippen LogP contribution in [0.15, 0.2) is 41.6 Å². The van der Waals surface area contributed by atoms with E-state index in [9.17, 15) is 19.2 Å². The molecule has 2 aliphatic rings. The SMILES string of the molecule is CCCCOC(=O)CCCCCOc1cc2c(cc1OC)C(=O)N1CCC[C@H]1C(=O)N2C(=O)OCC(C)SSc1ccccn1. The van der Waals surface area contributed by atoms with E-state index in [1.807, 2.05) is 32.0 Å². The van der Waals surface area contributed by atoms with Crippen LogP contribution in [0.3, 0.4) is 0 Å². The lowest BCUT2D eigenvalue weighted by atomic mass is 10.1. The summed E-state index contributed by atoms with van der Waals surface area (Å²) in [6, 6.07) is 7.91. The van der Waals surface area contributed by atoms with Gasteiger partial charge in [0.2, 0.25) is 0 Å². The lowest BCUT2D eigenvalue weighted by molar-refractivity contribution is -0.143. The van der Waals surface area contributed by atoms with Crippen LogP contribution in [0, 0.1) is 0 Å². The normalized spacial score (nSPS) is 16.5. The van der Waals surface area contributed by atoms with Crippen LogP contribution in [-0.2, 0) is 19.1 Å². The van der Waals surface area contributed by atoms with Gasteiger partial charge in [0.25, 0.3) is 11.8 Å². The zero-order valence-electron chi connectivity index (χ0n) is 26.0. The van der Waals surface area contributed by atoms with Gasteiger partial charge in [-0.05, 0) is 74.4 Å². The van der Waals surface area contributed by atoms with Gasteiger partial charge in [0.15, 0.2) is 11.5 Å². The molecule has 0 spiro atoms. The Bertz CT molecular complexity index is 1330. The molecular formula is C32H41N3O8S2. The molecule has 0 bridgehead atoms. The number of anilines is 1. The number of imide groups is 1. The Morgan fingerprint density at radius 2 is 1.91 bits per heavy atom. The molecule has 11 nitrogen and oxygen atoms in total. The summed E-state index contributed by atoms with van der Waals surface area (Å²) in [5.74, 6) is -0.432. The van der Waals surface area contributed by atoms with Crippen molar-refractivity contribution >= 4 is 51.2 Å². The fraction of sp³-hybridized carbons (Fsp3) is 0.531. The highest BCUT2D eigenvalue weighted by Gasteiger charge is 2.45. The second-order valence-electron chi connectivity index (χ2n) is 10.8. The first kappa shape index (κ1) is 34.4. The van der Waals surface area contributed by atoms with Crippen LogP contribution >= 0.6 is 21.6 Å². The molecule has 0 saturated carbocycles. The van der Waals surface area contributed by atoms with Crippen LogP contribution < -0.4 is 14.4 Å². The predicted molar refractivity (Wildman–Crippen MR) is 173 cm³/mol. The minimum Gasteiger partial charge on any atom is -0.493 e. The number of methoxy groups -OCH3 is 1. The topological polar surface area (TPSA) is 125 Å². The van der Waals surface area contributed by atoms with Gasteiger partial charge in [-0.1, -0.05) is 30.2 Å². The van der Waals surface area contributed by atoms with Gasteiger partial charge in [-0.25, -0.2) is 14.7 Å². The molecular weight excluding hydrogens is 618 g/mol. The molecule has 3 amide bonds. The fourth-order valence-corrected chi connectivity index (χ4v) is 6.87. The van der Waals surface area contributed by atoms with Gasteiger partial charge in [-0.15, -0.1) is 0 Å². The number of hydrogen-bond acceptors (Lipinski definition) is 11. The number of carbonyl (C=O) groups is 4. The third-order valence-corrected chi connectivity index (χ3v) is 10.1. The van der Waals surface area contributed by atoms with E-state index in [0.717, 1.165) is 29.2 Å². The Kier molecular flexibility index (Phi) is 13.2. The van der Waals surface area contributed by atoms with Crippen molar-refractivity contribution in [3.8, 4) is 11.5 Å². The van der Waals surface area contributed by atoms with Crippen LogP contribution in [0.4, 0.5) is 10.5 Å². The van der Waals surface area contributed by atoms with Crippen molar-refractivity contribution in [1.82, 2.24) is 9.88 Å². The van der Waals surface area contributed by atoms with E-state index in [4.69, 9.17) is 18.9 Å². The Morgan fingerprint density at radius 1 is 1.07 bits per heavy atom. The molecule has 0 aliphatic carbocycles. The molecule has 1 fully saturated rings. The van der Waals surface area contributed by atoms with Crippen molar-refractivity contribution < 1.29 is 38.1 Å². The molecule has 1 unspecified atom stereocenters. The maximum atomic E-state index is 13.8. The molecule has 1 aromatic carbocycles. The molecule has 4 rings (SSSR count). The first-order valence-corrected chi connectivity index (χ1v) is 17.6. The van der Waals surface area contributed by atoms with E-state index >= 15 is 0 Å². The summed E-state index contributed by atoms with van der Waals surface area (Å²) < 4.78 is 22.4. The second kappa shape index (κ2) is 17.3. The summed E-state index contributed by atoms with van der Waals surface area (Å²) >= 11 is 0. The van der Waals surface area contributed by atoms with Gasteiger partial charge in [-0.3, -0.25) is 14.4 Å². The van der Waals surface area contributed by atoms with Crippen molar-refractivity contribution in [3.05, 3.63) is 42.1 Å². The summed E-state index contributed by atoms with van der Waals surface area (Å²) in [5.41, 5.74) is 0.279. The Labute approximate surface area is 272 Å². The van der Waals surface area contributed by atoms with Crippen molar-refractivity contribution in [2.24, 2.45) is 0 Å². The maximum absolute atomic E-state index is 13.8. The standard InChI is InChI=1S/C32H41N3O8S2/c1-4-5-17-42-29(36)14-7-6-10-18-41-27-20-25-23(19-26(27)40-3)30(37)34-16-11-12-24(34)31(38)35(25)32(39)43-21-22(2)44-45-28-13-8-9-15-33-28/h8-9,13,15,19-20,22,24H,4-7,10-12,14,16-18,21H2,1-3H3/t22?,24-/m0/s1. The van der Waals surface area contributed by atoms with Crippen LogP contribution in [0.25, 0.3) is 0 Å². The number of fused-ring (bicyclic) bond motifs is 2. The van der Waals surface area contributed by atoms with E-state index in [-0.39, 0.29) is 35.0 Å². The summed E-state index contributed by atoms with van der Waals surface area (Å²) in [6.07, 6.45) is 6.25. The van der Waals surface area contributed by atoms with Crippen LogP contribution in [-0.4, -0.2) is 78.5 Å². The summed E-state index contributed by atoms with van der Waals surface area (Å²) in [6.45, 7) is 5.19. The number of nitrogens with zero attached hydrogens (tertiary/aromatic N) is 3. The molecule has 3 heterocycles. The average Bonchev–Trinajstić information content (AvgIpc) is 3.52. The van der Waals surface area contributed by atoms with Crippen LogP contribution in [0.5, 0.6) is 11.5 Å². The molecule has 244 valence electrons. The van der Waals surface area contributed by atoms with E-state index in [0.29, 0.717) is 63.4 Å².